The molecule has 2 heterocycles. The number of benzene rings is 2. The average molecular weight is 474 g/mol. The van der Waals surface area contributed by atoms with Crippen molar-refractivity contribution in [3.05, 3.63) is 60.3 Å². The minimum absolute atomic E-state index is 0.227. The standard InChI is InChI=1S/C22H24FN5O2S2/c1-4-11-28-20-10-9-17(32(29,30)27(2)3)12-18(20)25-21(28)14-31-22-24-13-19(26-22)15-5-7-16(23)8-6-15/h5-10,12-13H,4,11,14H2,1-3H3,(H,24,26). The van der Waals surface area contributed by atoms with Crippen LogP contribution in [0.2, 0.25) is 0 Å². The van der Waals surface area contributed by atoms with Gasteiger partial charge in [0.15, 0.2) is 5.16 Å². The number of imidazole rings is 2. The number of aromatic amines is 1. The maximum Gasteiger partial charge on any atom is 0.242 e. The first-order chi connectivity index (χ1) is 15.3. The average Bonchev–Trinajstić information content (AvgIpc) is 3.37. The van der Waals surface area contributed by atoms with Gasteiger partial charge in [0.2, 0.25) is 10.0 Å². The predicted molar refractivity (Wildman–Crippen MR) is 124 cm³/mol. The summed E-state index contributed by atoms with van der Waals surface area (Å²) >= 11 is 1.51. The fraction of sp³-hybridized carbons (Fsp3) is 0.273. The smallest absolute Gasteiger partial charge is 0.242 e. The zero-order valence-electron chi connectivity index (χ0n) is 18.0. The first-order valence-electron chi connectivity index (χ1n) is 10.1. The van der Waals surface area contributed by atoms with Gasteiger partial charge in [0.1, 0.15) is 11.6 Å². The third-order valence-corrected chi connectivity index (χ3v) is 7.76. The van der Waals surface area contributed by atoms with Gasteiger partial charge in [-0.1, -0.05) is 18.7 Å². The van der Waals surface area contributed by atoms with Crippen LogP contribution < -0.4 is 0 Å². The van der Waals surface area contributed by atoms with Crippen molar-refractivity contribution < 1.29 is 12.8 Å². The third kappa shape index (κ3) is 4.43. The highest BCUT2D eigenvalue weighted by atomic mass is 32.2. The van der Waals surface area contributed by atoms with Crippen LogP contribution in [-0.2, 0) is 22.3 Å². The molecule has 0 atom stereocenters. The molecule has 4 aromatic rings. The SMILES string of the molecule is CCCn1c(CSc2ncc(-c3ccc(F)cc3)[nH]2)nc2cc(S(=O)(=O)N(C)C)ccc21. The molecule has 0 amide bonds. The number of nitrogens with one attached hydrogen (secondary N) is 1. The van der Waals surface area contributed by atoms with Gasteiger partial charge in [0.25, 0.3) is 0 Å². The summed E-state index contributed by atoms with van der Waals surface area (Å²) in [7, 11) is -0.496. The molecule has 0 spiro atoms. The van der Waals surface area contributed by atoms with Crippen molar-refractivity contribution in [2.24, 2.45) is 0 Å². The lowest BCUT2D eigenvalue weighted by atomic mass is 10.2. The van der Waals surface area contributed by atoms with Crippen LogP contribution in [0.25, 0.3) is 22.3 Å². The Hall–Kier alpha value is -2.69. The van der Waals surface area contributed by atoms with Crippen LogP contribution in [0.15, 0.2) is 58.7 Å². The molecule has 0 unspecified atom stereocenters. The minimum Gasteiger partial charge on any atom is -0.333 e. The summed E-state index contributed by atoms with van der Waals surface area (Å²) in [5.41, 5.74) is 3.24. The Bertz CT molecular complexity index is 1340. The lowest BCUT2D eigenvalue weighted by molar-refractivity contribution is 0.521. The van der Waals surface area contributed by atoms with Gasteiger partial charge in [0.05, 0.1) is 33.6 Å². The van der Waals surface area contributed by atoms with Crippen molar-refractivity contribution in [1.29, 1.82) is 0 Å². The fourth-order valence-electron chi connectivity index (χ4n) is 3.40. The molecule has 4 rings (SSSR count). The molecular formula is C22H24FN5O2S2. The van der Waals surface area contributed by atoms with Crippen LogP contribution >= 0.6 is 11.8 Å². The summed E-state index contributed by atoms with van der Waals surface area (Å²) in [6, 6.07) is 11.3. The maximum atomic E-state index is 13.2. The summed E-state index contributed by atoms with van der Waals surface area (Å²) < 4.78 is 41.5. The molecule has 0 saturated carbocycles. The second-order valence-corrected chi connectivity index (χ2v) is 10.6. The zero-order valence-corrected chi connectivity index (χ0v) is 19.7. The monoisotopic (exact) mass is 473 g/mol. The van der Waals surface area contributed by atoms with E-state index in [2.05, 4.69) is 21.5 Å². The van der Waals surface area contributed by atoms with E-state index in [0.717, 1.165) is 40.7 Å². The van der Waals surface area contributed by atoms with Gasteiger partial charge in [-0.15, -0.1) is 0 Å². The molecule has 0 aliphatic rings. The first kappa shape index (κ1) is 22.5. The number of aromatic nitrogens is 4. The van der Waals surface area contributed by atoms with Crippen molar-refractivity contribution in [2.45, 2.75) is 35.7 Å². The molecule has 2 aromatic heterocycles. The highest BCUT2D eigenvalue weighted by Crippen LogP contribution is 2.27. The van der Waals surface area contributed by atoms with E-state index in [1.807, 2.05) is 6.07 Å². The number of H-pyrrole nitrogens is 1. The van der Waals surface area contributed by atoms with E-state index in [1.54, 1.807) is 30.5 Å². The van der Waals surface area contributed by atoms with Crippen LogP contribution in [0.4, 0.5) is 4.39 Å². The Kier molecular flexibility index (Phi) is 6.36. The van der Waals surface area contributed by atoms with Gasteiger partial charge in [-0.25, -0.2) is 27.1 Å². The molecule has 2 aromatic carbocycles. The summed E-state index contributed by atoms with van der Waals surface area (Å²) in [6.45, 7) is 2.88. The number of hydrogen-bond donors (Lipinski definition) is 1. The highest BCUT2D eigenvalue weighted by molar-refractivity contribution is 7.98. The summed E-state index contributed by atoms with van der Waals surface area (Å²) in [6.07, 6.45) is 2.65. The van der Waals surface area contributed by atoms with Crippen LogP contribution in [0.3, 0.4) is 0 Å². The Morgan fingerprint density at radius 1 is 1.16 bits per heavy atom. The van der Waals surface area contributed by atoms with E-state index in [1.165, 1.54) is 42.3 Å². The largest absolute Gasteiger partial charge is 0.333 e. The Morgan fingerprint density at radius 2 is 1.91 bits per heavy atom. The first-order valence-corrected chi connectivity index (χ1v) is 12.6. The second-order valence-electron chi connectivity index (χ2n) is 7.52. The van der Waals surface area contributed by atoms with Gasteiger partial charge in [-0.3, -0.25) is 0 Å². The van der Waals surface area contributed by atoms with E-state index in [4.69, 9.17) is 4.98 Å². The molecule has 0 radical (unpaired) electrons. The van der Waals surface area contributed by atoms with Gasteiger partial charge >= 0.3 is 0 Å². The maximum absolute atomic E-state index is 13.2. The van der Waals surface area contributed by atoms with E-state index in [9.17, 15) is 12.8 Å². The number of nitrogens with zero attached hydrogens (tertiary/aromatic N) is 4. The summed E-state index contributed by atoms with van der Waals surface area (Å²) in [5.74, 6) is 1.14. The molecule has 0 bridgehead atoms. The van der Waals surface area contributed by atoms with Gasteiger partial charge < -0.3 is 9.55 Å². The van der Waals surface area contributed by atoms with Crippen LogP contribution in [0.5, 0.6) is 0 Å². The normalized spacial score (nSPS) is 12.2. The van der Waals surface area contributed by atoms with Gasteiger partial charge in [-0.05, 0) is 54.4 Å². The lowest BCUT2D eigenvalue weighted by Gasteiger charge is -2.11. The highest BCUT2D eigenvalue weighted by Gasteiger charge is 2.20. The number of aryl methyl sites for hydroxylation is 1. The molecule has 7 nitrogen and oxygen atoms in total. The molecule has 168 valence electrons. The van der Waals surface area contributed by atoms with Crippen LogP contribution in [0.1, 0.15) is 19.2 Å². The summed E-state index contributed by atoms with van der Waals surface area (Å²) in [5, 5.41) is 0.732. The fourth-order valence-corrected chi connectivity index (χ4v) is 5.12. The number of sulfonamides is 1. The zero-order chi connectivity index (χ0) is 22.9. The molecule has 0 saturated heterocycles. The van der Waals surface area contributed by atoms with Crippen molar-refractivity contribution in [3.8, 4) is 11.3 Å². The van der Waals surface area contributed by atoms with Crippen LogP contribution in [0, 0.1) is 5.82 Å². The number of fused-ring (bicyclic) bond motifs is 1. The Morgan fingerprint density at radius 3 is 2.59 bits per heavy atom. The lowest BCUT2D eigenvalue weighted by Crippen LogP contribution is -2.22. The van der Waals surface area contributed by atoms with E-state index in [-0.39, 0.29) is 10.7 Å². The summed E-state index contributed by atoms with van der Waals surface area (Å²) in [4.78, 5) is 12.6. The van der Waals surface area contributed by atoms with E-state index >= 15 is 0 Å². The third-order valence-electron chi connectivity index (χ3n) is 5.07. The Labute approximate surface area is 190 Å². The molecular weight excluding hydrogens is 449 g/mol. The van der Waals surface area contributed by atoms with E-state index in [0.29, 0.717) is 11.3 Å². The van der Waals surface area contributed by atoms with Crippen molar-refractivity contribution in [1.82, 2.24) is 23.8 Å². The predicted octanol–water partition coefficient (Wildman–Crippen LogP) is 4.52. The number of rotatable bonds is 8. The molecule has 10 heteroatoms. The van der Waals surface area contributed by atoms with Gasteiger partial charge in [-0.2, -0.15) is 0 Å². The molecule has 0 aliphatic heterocycles. The number of hydrogen-bond acceptors (Lipinski definition) is 5. The van der Waals surface area contributed by atoms with Crippen molar-refractivity contribution in [2.75, 3.05) is 14.1 Å². The quantitative estimate of drug-likeness (QED) is 0.381. The number of halogens is 1. The van der Waals surface area contributed by atoms with Gasteiger partial charge in [0, 0.05) is 20.6 Å². The Balaban J connectivity index is 1.60. The molecule has 0 aliphatic carbocycles. The van der Waals surface area contributed by atoms with Crippen molar-refractivity contribution >= 4 is 32.8 Å². The van der Waals surface area contributed by atoms with Crippen LogP contribution in [-0.4, -0.2) is 46.3 Å². The van der Waals surface area contributed by atoms with Crippen molar-refractivity contribution in [3.63, 3.8) is 0 Å². The minimum atomic E-state index is -3.53. The van der Waals surface area contributed by atoms with E-state index < -0.39 is 10.0 Å². The second kappa shape index (κ2) is 9.05. The topological polar surface area (TPSA) is 83.9 Å². The molecule has 32 heavy (non-hydrogen) atoms. The number of thioether (sulfide) groups is 1. The molecule has 0 fully saturated rings. The molecule has 1 N–H and O–H groups in total.